The second kappa shape index (κ2) is 6.07. The van der Waals surface area contributed by atoms with Crippen molar-refractivity contribution < 1.29 is 21.6 Å². The van der Waals surface area contributed by atoms with Gasteiger partial charge in [0.15, 0.2) is 0 Å². The summed E-state index contributed by atoms with van der Waals surface area (Å²) in [5.41, 5.74) is 1.79. The van der Waals surface area contributed by atoms with Crippen LogP contribution in [0.15, 0.2) is 53.4 Å². The van der Waals surface area contributed by atoms with E-state index in [1.807, 2.05) is 19.1 Å². The van der Waals surface area contributed by atoms with E-state index in [4.69, 9.17) is 0 Å². The highest BCUT2D eigenvalue weighted by atomic mass is 32.2. The molecule has 4 rings (SSSR count). The molecule has 2 heterocycles. The maximum atomic E-state index is 13.2. The first-order chi connectivity index (χ1) is 12.7. The molecule has 1 fully saturated rings. The Kier molecular flexibility index (Phi) is 4.04. The molecular formula is C18H18N2O5S2. The molecule has 0 aliphatic carbocycles. The maximum absolute atomic E-state index is 13.2. The van der Waals surface area contributed by atoms with Crippen LogP contribution in [0, 0.1) is 0 Å². The fourth-order valence-corrected chi connectivity index (χ4v) is 6.79. The number of anilines is 2. The number of fused-ring (bicyclic) bond motifs is 1. The lowest BCUT2D eigenvalue weighted by Crippen LogP contribution is -2.35. The number of hydrogen-bond acceptors (Lipinski definition) is 5. The van der Waals surface area contributed by atoms with E-state index in [0.717, 1.165) is 9.87 Å². The van der Waals surface area contributed by atoms with Crippen LogP contribution in [-0.2, 0) is 31.3 Å². The molecule has 0 unspecified atom stereocenters. The Hall–Kier alpha value is -2.39. The van der Waals surface area contributed by atoms with Gasteiger partial charge in [0.05, 0.1) is 22.0 Å². The Morgan fingerprint density at radius 1 is 1.04 bits per heavy atom. The molecule has 27 heavy (non-hydrogen) atoms. The van der Waals surface area contributed by atoms with Crippen LogP contribution in [0.5, 0.6) is 0 Å². The average molecular weight is 406 g/mol. The van der Waals surface area contributed by atoms with Crippen molar-refractivity contribution in [2.24, 2.45) is 0 Å². The fraction of sp³-hybridized carbons (Fsp3) is 0.278. The minimum Gasteiger partial charge on any atom is -0.273 e. The SMILES string of the molecule is C[C@@H]1Cc2ccccc2N1S(=O)(=O)c1ccc(N2C(=O)CCS2(=O)=O)cc1. The molecule has 1 atom stereocenters. The van der Waals surface area contributed by atoms with Gasteiger partial charge in [-0.1, -0.05) is 18.2 Å². The predicted octanol–water partition coefficient (Wildman–Crippen LogP) is 1.89. The molecule has 2 aliphatic rings. The van der Waals surface area contributed by atoms with Gasteiger partial charge >= 0.3 is 0 Å². The van der Waals surface area contributed by atoms with Crippen molar-refractivity contribution in [1.29, 1.82) is 0 Å². The molecule has 2 aromatic carbocycles. The lowest BCUT2D eigenvalue weighted by Gasteiger charge is -2.24. The summed E-state index contributed by atoms with van der Waals surface area (Å²) < 4.78 is 52.5. The van der Waals surface area contributed by atoms with Gasteiger partial charge in [-0.15, -0.1) is 0 Å². The van der Waals surface area contributed by atoms with E-state index >= 15 is 0 Å². The van der Waals surface area contributed by atoms with E-state index in [9.17, 15) is 21.6 Å². The highest BCUT2D eigenvalue weighted by Crippen LogP contribution is 2.37. The molecule has 1 amide bonds. The summed E-state index contributed by atoms with van der Waals surface area (Å²) in [5, 5.41) is 0. The van der Waals surface area contributed by atoms with Crippen LogP contribution in [-0.4, -0.2) is 34.5 Å². The van der Waals surface area contributed by atoms with Crippen LogP contribution in [0.3, 0.4) is 0 Å². The van der Waals surface area contributed by atoms with Gasteiger partial charge in [-0.3, -0.25) is 9.10 Å². The van der Waals surface area contributed by atoms with Crippen molar-refractivity contribution in [3.05, 3.63) is 54.1 Å². The van der Waals surface area contributed by atoms with Crippen LogP contribution in [0.2, 0.25) is 0 Å². The second-order valence-corrected chi connectivity index (χ2v) is 10.5. The topological polar surface area (TPSA) is 91.8 Å². The minimum atomic E-state index is -3.80. The average Bonchev–Trinajstić information content (AvgIpc) is 3.10. The maximum Gasteiger partial charge on any atom is 0.264 e. The van der Waals surface area contributed by atoms with Crippen LogP contribution >= 0.6 is 0 Å². The number of nitrogens with zero attached hydrogens (tertiary/aromatic N) is 2. The highest BCUT2D eigenvalue weighted by Gasteiger charge is 2.38. The molecule has 0 spiro atoms. The first-order valence-corrected chi connectivity index (χ1v) is 11.5. The summed E-state index contributed by atoms with van der Waals surface area (Å²) in [4.78, 5) is 11.9. The summed E-state index contributed by atoms with van der Waals surface area (Å²) in [6.45, 7) is 1.85. The molecule has 0 N–H and O–H groups in total. The van der Waals surface area contributed by atoms with Crippen molar-refractivity contribution >= 4 is 37.3 Å². The summed E-state index contributed by atoms with van der Waals surface area (Å²) in [7, 11) is -7.48. The molecule has 142 valence electrons. The Morgan fingerprint density at radius 3 is 2.33 bits per heavy atom. The lowest BCUT2D eigenvalue weighted by atomic mass is 10.1. The summed E-state index contributed by atoms with van der Waals surface area (Å²) in [6.07, 6.45) is 0.568. The van der Waals surface area contributed by atoms with Gasteiger partial charge in [0.1, 0.15) is 0 Å². The molecule has 2 aliphatic heterocycles. The summed E-state index contributed by atoms with van der Waals surface area (Å²) in [5.74, 6) is -0.735. The van der Waals surface area contributed by atoms with E-state index in [-0.39, 0.29) is 28.8 Å². The van der Waals surface area contributed by atoms with Gasteiger partial charge in [-0.25, -0.2) is 21.1 Å². The second-order valence-electron chi connectivity index (χ2n) is 6.70. The molecule has 1 saturated heterocycles. The van der Waals surface area contributed by atoms with E-state index < -0.39 is 26.0 Å². The Morgan fingerprint density at radius 2 is 1.70 bits per heavy atom. The third-order valence-electron chi connectivity index (χ3n) is 4.85. The number of sulfonamides is 2. The Bertz CT molecular complexity index is 1120. The van der Waals surface area contributed by atoms with Gasteiger partial charge in [-0.2, -0.15) is 0 Å². The number of rotatable bonds is 3. The monoisotopic (exact) mass is 406 g/mol. The number of benzene rings is 2. The third-order valence-corrected chi connectivity index (χ3v) is 8.48. The van der Waals surface area contributed by atoms with E-state index in [1.54, 1.807) is 12.1 Å². The van der Waals surface area contributed by atoms with Gasteiger partial charge in [-0.05, 0) is 49.2 Å². The minimum absolute atomic E-state index is 0.0545. The highest BCUT2D eigenvalue weighted by molar-refractivity contribution is 7.94. The summed E-state index contributed by atoms with van der Waals surface area (Å²) in [6, 6.07) is 12.6. The zero-order valence-electron chi connectivity index (χ0n) is 14.6. The number of hydrogen-bond donors (Lipinski definition) is 0. The van der Waals surface area contributed by atoms with Crippen molar-refractivity contribution in [2.45, 2.75) is 30.7 Å². The smallest absolute Gasteiger partial charge is 0.264 e. The number of amides is 1. The van der Waals surface area contributed by atoms with Crippen molar-refractivity contribution in [1.82, 2.24) is 0 Å². The Labute approximate surface area is 158 Å². The molecule has 7 nitrogen and oxygen atoms in total. The third kappa shape index (κ3) is 2.81. The van der Waals surface area contributed by atoms with Crippen LogP contribution in [0.4, 0.5) is 11.4 Å². The summed E-state index contributed by atoms with van der Waals surface area (Å²) >= 11 is 0. The standard InChI is InChI=1S/C18H18N2O5S2/c1-13-12-14-4-2-3-5-17(14)19(13)27(24,25)16-8-6-15(7-9-16)20-18(21)10-11-26(20,22)23/h2-9,13H,10-12H2,1H3/t13-/m1/s1. The number of carbonyl (C=O) groups is 1. The lowest BCUT2D eigenvalue weighted by molar-refractivity contribution is -0.116. The molecule has 0 radical (unpaired) electrons. The van der Waals surface area contributed by atoms with Crippen molar-refractivity contribution in [3.63, 3.8) is 0 Å². The molecular weight excluding hydrogens is 388 g/mol. The van der Waals surface area contributed by atoms with Crippen molar-refractivity contribution in [3.8, 4) is 0 Å². The van der Waals surface area contributed by atoms with Crippen LogP contribution in [0.1, 0.15) is 18.9 Å². The van der Waals surface area contributed by atoms with Crippen LogP contribution in [0.25, 0.3) is 0 Å². The van der Waals surface area contributed by atoms with Crippen LogP contribution < -0.4 is 8.61 Å². The molecule has 2 aromatic rings. The molecule has 0 bridgehead atoms. The first-order valence-electron chi connectivity index (χ1n) is 8.50. The predicted molar refractivity (Wildman–Crippen MR) is 102 cm³/mol. The normalized spacial score (nSPS) is 21.5. The molecule has 0 aromatic heterocycles. The largest absolute Gasteiger partial charge is 0.273 e. The number of carbonyl (C=O) groups excluding carboxylic acids is 1. The van der Waals surface area contributed by atoms with Gasteiger partial charge < -0.3 is 0 Å². The molecule has 0 saturated carbocycles. The van der Waals surface area contributed by atoms with Gasteiger partial charge in [0.25, 0.3) is 10.0 Å². The van der Waals surface area contributed by atoms with Gasteiger partial charge in [0.2, 0.25) is 15.9 Å². The Balaban J connectivity index is 1.71. The number of para-hydroxylation sites is 1. The van der Waals surface area contributed by atoms with E-state index in [0.29, 0.717) is 12.1 Å². The van der Waals surface area contributed by atoms with Crippen molar-refractivity contribution in [2.75, 3.05) is 14.4 Å². The zero-order chi connectivity index (χ0) is 19.4. The molecule has 9 heteroatoms. The first kappa shape index (κ1) is 18.0. The quantitative estimate of drug-likeness (QED) is 0.776. The fourth-order valence-electron chi connectivity index (χ4n) is 3.64. The van der Waals surface area contributed by atoms with E-state index in [2.05, 4.69) is 0 Å². The van der Waals surface area contributed by atoms with E-state index in [1.165, 1.54) is 28.6 Å². The van der Waals surface area contributed by atoms with Gasteiger partial charge in [0, 0.05) is 12.5 Å². The zero-order valence-corrected chi connectivity index (χ0v) is 16.2.